The van der Waals surface area contributed by atoms with E-state index >= 15 is 0 Å². The third-order valence-electron chi connectivity index (χ3n) is 3.78. The number of fused-ring (bicyclic) bond motifs is 1. The molecule has 3 heterocycles. The van der Waals surface area contributed by atoms with E-state index in [2.05, 4.69) is 28.9 Å². The number of pyridine rings is 1. The van der Waals surface area contributed by atoms with Gasteiger partial charge in [-0.2, -0.15) is 0 Å². The fourth-order valence-corrected chi connectivity index (χ4v) is 2.88. The molecule has 0 radical (unpaired) electrons. The van der Waals surface area contributed by atoms with Gasteiger partial charge in [0.15, 0.2) is 0 Å². The molecule has 0 saturated carbocycles. The predicted molar refractivity (Wildman–Crippen MR) is 78.2 cm³/mol. The average molecular weight is 271 g/mol. The molecule has 106 valence electrons. The van der Waals surface area contributed by atoms with Crippen LogP contribution in [0.2, 0.25) is 0 Å². The molecule has 0 saturated heterocycles. The van der Waals surface area contributed by atoms with Gasteiger partial charge in [0.05, 0.1) is 12.5 Å². The highest BCUT2D eigenvalue weighted by atomic mass is 16.3. The molecule has 2 aromatic heterocycles. The van der Waals surface area contributed by atoms with Crippen LogP contribution >= 0.6 is 0 Å². The van der Waals surface area contributed by atoms with Crippen LogP contribution in [0.1, 0.15) is 22.3 Å². The quantitative estimate of drug-likeness (QED) is 0.854. The van der Waals surface area contributed by atoms with E-state index in [4.69, 9.17) is 4.42 Å². The van der Waals surface area contributed by atoms with E-state index in [9.17, 15) is 0 Å². The summed E-state index contributed by atoms with van der Waals surface area (Å²) in [6.07, 6.45) is 8.72. The van der Waals surface area contributed by atoms with E-state index in [1.54, 1.807) is 6.26 Å². The summed E-state index contributed by atoms with van der Waals surface area (Å²) in [6.45, 7) is 4.00. The first-order valence-electron chi connectivity index (χ1n) is 7.05. The summed E-state index contributed by atoms with van der Waals surface area (Å²) in [5.41, 5.74) is 5.48. The predicted octanol–water partition coefficient (Wildman–Crippen LogP) is 2.29. The summed E-state index contributed by atoms with van der Waals surface area (Å²) < 4.78 is 5.14. The molecule has 0 amide bonds. The molecule has 20 heavy (non-hydrogen) atoms. The molecule has 3 rings (SSSR count). The molecule has 0 N–H and O–H groups in total. The summed E-state index contributed by atoms with van der Waals surface area (Å²) >= 11 is 0. The fraction of sp³-hybridized carbons (Fsp3) is 0.438. The maximum absolute atomic E-state index is 5.14. The first kappa shape index (κ1) is 13.3. The van der Waals surface area contributed by atoms with Crippen LogP contribution < -0.4 is 0 Å². The van der Waals surface area contributed by atoms with Crippen molar-refractivity contribution in [2.24, 2.45) is 0 Å². The van der Waals surface area contributed by atoms with Crippen molar-refractivity contribution in [2.45, 2.75) is 26.1 Å². The van der Waals surface area contributed by atoms with Gasteiger partial charge in [-0.05, 0) is 43.3 Å². The topological polar surface area (TPSA) is 32.5 Å². The van der Waals surface area contributed by atoms with Gasteiger partial charge in [0.25, 0.3) is 0 Å². The maximum atomic E-state index is 5.14. The van der Waals surface area contributed by atoms with Crippen molar-refractivity contribution in [3.63, 3.8) is 0 Å². The van der Waals surface area contributed by atoms with Gasteiger partial charge in [-0.25, -0.2) is 0 Å². The molecule has 0 fully saturated rings. The molecular formula is C16H21N3O. The number of aromatic nitrogens is 1. The van der Waals surface area contributed by atoms with Gasteiger partial charge in [-0.1, -0.05) is 0 Å². The SMILES string of the molecule is CN(C)Cc1cncc2c1CCN(Cc1ccoc1)C2. The summed E-state index contributed by atoms with van der Waals surface area (Å²) in [4.78, 5) is 9.07. The Bertz CT molecular complexity index is 563. The van der Waals surface area contributed by atoms with Crippen molar-refractivity contribution >= 4 is 0 Å². The van der Waals surface area contributed by atoms with Crippen molar-refractivity contribution in [3.05, 3.63) is 53.2 Å². The van der Waals surface area contributed by atoms with Crippen LogP contribution in [0.5, 0.6) is 0 Å². The van der Waals surface area contributed by atoms with E-state index in [1.165, 1.54) is 22.3 Å². The largest absolute Gasteiger partial charge is 0.472 e. The van der Waals surface area contributed by atoms with Gasteiger partial charge in [0.1, 0.15) is 0 Å². The highest BCUT2D eigenvalue weighted by Crippen LogP contribution is 2.23. The van der Waals surface area contributed by atoms with Crippen molar-refractivity contribution in [3.8, 4) is 0 Å². The second-order valence-electron chi connectivity index (χ2n) is 5.77. The van der Waals surface area contributed by atoms with Crippen LogP contribution in [0.4, 0.5) is 0 Å². The Morgan fingerprint density at radius 1 is 1.35 bits per heavy atom. The Hall–Kier alpha value is -1.65. The lowest BCUT2D eigenvalue weighted by Gasteiger charge is -2.29. The molecule has 0 unspecified atom stereocenters. The maximum Gasteiger partial charge on any atom is 0.0947 e. The molecule has 0 aliphatic carbocycles. The second kappa shape index (κ2) is 5.77. The fourth-order valence-electron chi connectivity index (χ4n) is 2.88. The van der Waals surface area contributed by atoms with Crippen LogP contribution in [0.25, 0.3) is 0 Å². The molecule has 0 atom stereocenters. The van der Waals surface area contributed by atoms with Crippen LogP contribution in [-0.2, 0) is 26.1 Å². The van der Waals surface area contributed by atoms with Crippen LogP contribution in [0.15, 0.2) is 35.4 Å². The van der Waals surface area contributed by atoms with Gasteiger partial charge in [0.2, 0.25) is 0 Å². The Labute approximate surface area is 120 Å². The summed E-state index contributed by atoms with van der Waals surface area (Å²) in [5.74, 6) is 0. The third kappa shape index (κ3) is 2.92. The molecule has 1 aliphatic rings. The number of hydrogen-bond acceptors (Lipinski definition) is 4. The van der Waals surface area contributed by atoms with E-state index in [0.717, 1.165) is 32.6 Å². The van der Waals surface area contributed by atoms with E-state index in [0.29, 0.717) is 0 Å². The summed E-state index contributed by atoms with van der Waals surface area (Å²) in [7, 11) is 4.21. The molecule has 2 aromatic rings. The zero-order valence-corrected chi connectivity index (χ0v) is 12.2. The Balaban J connectivity index is 1.75. The highest BCUT2D eigenvalue weighted by molar-refractivity contribution is 5.34. The second-order valence-corrected chi connectivity index (χ2v) is 5.77. The molecule has 4 heteroatoms. The normalized spacial score (nSPS) is 15.6. The van der Waals surface area contributed by atoms with Gasteiger partial charge < -0.3 is 9.32 Å². The van der Waals surface area contributed by atoms with Crippen molar-refractivity contribution in [2.75, 3.05) is 20.6 Å². The lowest BCUT2D eigenvalue weighted by Crippen LogP contribution is -2.31. The van der Waals surface area contributed by atoms with Crippen LogP contribution in [0, 0.1) is 0 Å². The molecule has 0 aromatic carbocycles. The van der Waals surface area contributed by atoms with Crippen LogP contribution in [-0.4, -0.2) is 35.4 Å². The smallest absolute Gasteiger partial charge is 0.0947 e. The lowest BCUT2D eigenvalue weighted by molar-refractivity contribution is 0.243. The van der Waals surface area contributed by atoms with Crippen molar-refractivity contribution < 1.29 is 4.42 Å². The lowest BCUT2D eigenvalue weighted by atomic mass is 9.96. The zero-order chi connectivity index (χ0) is 13.9. The van der Waals surface area contributed by atoms with Gasteiger partial charge in [-0.3, -0.25) is 9.88 Å². The molecular weight excluding hydrogens is 250 g/mol. The van der Waals surface area contributed by atoms with E-state index in [1.807, 2.05) is 24.7 Å². The summed E-state index contributed by atoms with van der Waals surface area (Å²) in [6, 6.07) is 2.04. The molecule has 0 bridgehead atoms. The highest BCUT2D eigenvalue weighted by Gasteiger charge is 2.19. The molecule has 4 nitrogen and oxygen atoms in total. The first-order valence-corrected chi connectivity index (χ1v) is 7.05. The number of nitrogens with zero attached hydrogens (tertiary/aromatic N) is 3. The molecule has 1 aliphatic heterocycles. The Kier molecular flexibility index (Phi) is 3.85. The zero-order valence-electron chi connectivity index (χ0n) is 12.2. The number of rotatable bonds is 4. The number of hydrogen-bond donors (Lipinski definition) is 0. The standard InChI is InChI=1S/C16H21N3O/c1-18(2)10-14-7-17-8-15-11-19(5-3-16(14)15)9-13-4-6-20-12-13/h4,6-8,12H,3,5,9-11H2,1-2H3. The van der Waals surface area contributed by atoms with Crippen LogP contribution in [0.3, 0.4) is 0 Å². The van der Waals surface area contributed by atoms with Crippen molar-refractivity contribution in [1.82, 2.24) is 14.8 Å². The van der Waals surface area contributed by atoms with Crippen molar-refractivity contribution in [1.29, 1.82) is 0 Å². The minimum Gasteiger partial charge on any atom is -0.472 e. The minimum atomic E-state index is 0.952. The van der Waals surface area contributed by atoms with Gasteiger partial charge in [0, 0.05) is 44.1 Å². The summed E-state index contributed by atoms with van der Waals surface area (Å²) in [5, 5.41) is 0. The Morgan fingerprint density at radius 2 is 2.25 bits per heavy atom. The van der Waals surface area contributed by atoms with E-state index in [-0.39, 0.29) is 0 Å². The monoisotopic (exact) mass is 271 g/mol. The van der Waals surface area contributed by atoms with Gasteiger partial charge in [-0.15, -0.1) is 0 Å². The average Bonchev–Trinajstić information content (AvgIpc) is 2.91. The van der Waals surface area contributed by atoms with Gasteiger partial charge >= 0.3 is 0 Å². The minimum absolute atomic E-state index is 0.952. The van der Waals surface area contributed by atoms with E-state index < -0.39 is 0 Å². The Morgan fingerprint density at radius 3 is 3.00 bits per heavy atom. The molecule has 0 spiro atoms. The third-order valence-corrected chi connectivity index (χ3v) is 3.78. The first-order chi connectivity index (χ1) is 9.72. The number of furan rings is 1.